The van der Waals surface area contributed by atoms with Crippen molar-refractivity contribution in [3.8, 4) is 0 Å². The van der Waals surface area contributed by atoms with Gasteiger partial charge in [0.15, 0.2) is 0 Å². The zero-order chi connectivity index (χ0) is 12.8. The summed E-state index contributed by atoms with van der Waals surface area (Å²) in [5, 5.41) is 3.66. The van der Waals surface area contributed by atoms with Crippen molar-refractivity contribution in [2.75, 3.05) is 6.54 Å². The minimum absolute atomic E-state index is 0.738. The van der Waals surface area contributed by atoms with E-state index in [9.17, 15) is 0 Å². The fraction of sp³-hybridized carbons (Fsp3) is 0.647. The van der Waals surface area contributed by atoms with Crippen LogP contribution in [-0.4, -0.2) is 12.6 Å². The summed E-state index contributed by atoms with van der Waals surface area (Å²) in [4.78, 5) is 0. The van der Waals surface area contributed by atoms with Crippen LogP contribution in [0.4, 0.5) is 0 Å². The Hall–Kier alpha value is -0.820. The molecule has 0 radical (unpaired) electrons. The first-order chi connectivity index (χ1) is 8.85. The molecule has 3 atom stereocenters. The van der Waals surface area contributed by atoms with E-state index in [-0.39, 0.29) is 0 Å². The van der Waals surface area contributed by atoms with Crippen molar-refractivity contribution in [1.29, 1.82) is 0 Å². The molecule has 0 bridgehead atoms. The van der Waals surface area contributed by atoms with Gasteiger partial charge >= 0.3 is 0 Å². The summed E-state index contributed by atoms with van der Waals surface area (Å²) in [6.07, 6.45) is 6.67. The molecule has 1 N–H and O–H groups in total. The van der Waals surface area contributed by atoms with Crippen LogP contribution >= 0.6 is 0 Å². The number of hydrogen-bond donors (Lipinski definition) is 1. The van der Waals surface area contributed by atoms with Gasteiger partial charge in [0.2, 0.25) is 0 Å². The molecule has 2 rings (SSSR count). The Bertz CT molecular complexity index is 333. The quantitative estimate of drug-likeness (QED) is 0.718. The van der Waals surface area contributed by atoms with Gasteiger partial charge in [-0.1, -0.05) is 44.2 Å². The number of benzene rings is 1. The lowest BCUT2D eigenvalue weighted by atomic mass is 10.0. The maximum Gasteiger partial charge on any atom is 0.00645 e. The van der Waals surface area contributed by atoms with Crippen molar-refractivity contribution in [3.05, 3.63) is 35.9 Å². The molecule has 1 aromatic rings. The number of hydrogen-bond acceptors (Lipinski definition) is 1. The molecule has 1 aliphatic carbocycles. The molecule has 100 valence electrons. The van der Waals surface area contributed by atoms with Crippen molar-refractivity contribution >= 4 is 0 Å². The summed E-state index contributed by atoms with van der Waals surface area (Å²) in [5.74, 6) is 1.81. The monoisotopic (exact) mass is 245 g/mol. The molecule has 3 unspecified atom stereocenters. The van der Waals surface area contributed by atoms with Gasteiger partial charge in [0.1, 0.15) is 0 Å². The zero-order valence-electron chi connectivity index (χ0n) is 11.9. The van der Waals surface area contributed by atoms with Crippen LogP contribution in [0.25, 0.3) is 0 Å². The molecule has 0 spiro atoms. The van der Waals surface area contributed by atoms with Crippen molar-refractivity contribution in [3.63, 3.8) is 0 Å². The van der Waals surface area contributed by atoms with Crippen molar-refractivity contribution in [1.82, 2.24) is 5.32 Å². The number of nitrogens with one attached hydrogen (secondary N) is 1. The van der Waals surface area contributed by atoms with Gasteiger partial charge in [-0.15, -0.1) is 0 Å². The Morgan fingerprint density at radius 2 is 2.00 bits per heavy atom. The molecule has 0 heterocycles. The molecule has 0 aliphatic heterocycles. The summed E-state index contributed by atoms with van der Waals surface area (Å²) < 4.78 is 0. The lowest BCUT2D eigenvalue weighted by Gasteiger charge is -2.16. The third-order valence-electron chi connectivity index (χ3n) is 4.21. The van der Waals surface area contributed by atoms with E-state index in [2.05, 4.69) is 49.5 Å². The van der Waals surface area contributed by atoms with Crippen LogP contribution in [0.15, 0.2) is 30.3 Å². The average Bonchev–Trinajstić information content (AvgIpc) is 3.20. The van der Waals surface area contributed by atoms with Crippen LogP contribution < -0.4 is 5.32 Å². The molecule has 1 heteroatoms. The van der Waals surface area contributed by atoms with E-state index < -0.39 is 0 Å². The lowest BCUT2D eigenvalue weighted by molar-refractivity contribution is 0.442. The molecule has 1 saturated carbocycles. The Morgan fingerprint density at radius 1 is 1.22 bits per heavy atom. The third kappa shape index (κ3) is 3.84. The maximum atomic E-state index is 3.66. The highest BCUT2D eigenvalue weighted by atomic mass is 14.9. The van der Waals surface area contributed by atoms with Gasteiger partial charge < -0.3 is 5.32 Å². The molecular formula is C17H27N. The van der Waals surface area contributed by atoms with E-state index in [1.165, 1.54) is 38.6 Å². The van der Waals surface area contributed by atoms with Gasteiger partial charge in [0.25, 0.3) is 0 Å². The maximum absolute atomic E-state index is 3.66. The normalized spacial score (nSPS) is 23.9. The van der Waals surface area contributed by atoms with Gasteiger partial charge in [0.05, 0.1) is 0 Å². The van der Waals surface area contributed by atoms with Crippen LogP contribution in [-0.2, 0) is 0 Å². The molecule has 0 saturated heterocycles. The van der Waals surface area contributed by atoms with Gasteiger partial charge in [-0.2, -0.15) is 0 Å². The molecule has 0 amide bonds. The van der Waals surface area contributed by atoms with Gasteiger partial charge in [-0.25, -0.2) is 0 Å². The van der Waals surface area contributed by atoms with Crippen molar-refractivity contribution in [2.45, 2.75) is 57.9 Å². The Balaban J connectivity index is 1.70. The minimum Gasteiger partial charge on any atom is -0.314 e. The number of rotatable bonds is 8. The highest BCUT2D eigenvalue weighted by molar-refractivity contribution is 5.25. The Kier molecular flexibility index (Phi) is 5.25. The molecular weight excluding hydrogens is 218 g/mol. The standard InChI is InChI=1S/C17H27N/c1-3-12-18-16(4-2)11-10-15-13-17(15)14-8-6-5-7-9-14/h5-9,15-18H,3-4,10-13H2,1-2H3. The highest BCUT2D eigenvalue weighted by Gasteiger charge is 2.37. The van der Waals surface area contributed by atoms with Gasteiger partial charge in [-0.05, 0) is 56.0 Å². The Morgan fingerprint density at radius 3 is 2.67 bits per heavy atom. The summed E-state index contributed by atoms with van der Waals surface area (Å²) in [5.41, 5.74) is 1.55. The van der Waals surface area contributed by atoms with E-state index in [0.717, 1.165) is 17.9 Å². The van der Waals surface area contributed by atoms with E-state index in [4.69, 9.17) is 0 Å². The average molecular weight is 245 g/mol. The van der Waals surface area contributed by atoms with E-state index >= 15 is 0 Å². The molecule has 18 heavy (non-hydrogen) atoms. The van der Waals surface area contributed by atoms with Crippen LogP contribution in [0.2, 0.25) is 0 Å². The largest absolute Gasteiger partial charge is 0.314 e. The predicted molar refractivity (Wildman–Crippen MR) is 78.9 cm³/mol. The van der Waals surface area contributed by atoms with Gasteiger partial charge in [0, 0.05) is 6.04 Å². The van der Waals surface area contributed by atoms with E-state index in [1.807, 2.05) is 0 Å². The second-order valence-electron chi connectivity index (χ2n) is 5.65. The molecule has 1 fully saturated rings. The minimum atomic E-state index is 0.738. The second kappa shape index (κ2) is 6.94. The molecule has 1 nitrogen and oxygen atoms in total. The lowest BCUT2D eigenvalue weighted by Crippen LogP contribution is -2.29. The molecule has 0 aromatic heterocycles. The van der Waals surface area contributed by atoms with Crippen LogP contribution in [0, 0.1) is 5.92 Å². The molecule has 1 aromatic carbocycles. The van der Waals surface area contributed by atoms with E-state index in [0.29, 0.717) is 0 Å². The fourth-order valence-electron chi connectivity index (χ4n) is 2.89. The van der Waals surface area contributed by atoms with Crippen LogP contribution in [0.5, 0.6) is 0 Å². The fourth-order valence-corrected chi connectivity index (χ4v) is 2.89. The summed E-state index contributed by atoms with van der Waals surface area (Å²) in [7, 11) is 0. The van der Waals surface area contributed by atoms with Gasteiger partial charge in [-0.3, -0.25) is 0 Å². The zero-order valence-corrected chi connectivity index (χ0v) is 11.9. The summed E-state index contributed by atoms with van der Waals surface area (Å²) in [6.45, 7) is 5.71. The van der Waals surface area contributed by atoms with E-state index in [1.54, 1.807) is 5.56 Å². The first-order valence-corrected chi connectivity index (χ1v) is 7.63. The smallest absolute Gasteiger partial charge is 0.00645 e. The van der Waals surface area contributed by atoms with Crippen molar-refractivity contribution in [2.24, 2.45) is 5.92 Å². The van der Waals surface area contributed by atoms with Crippen molar-refractivity contribution < 1.29 is 0 Å². The summed E-state index contributed by atoms with van der Waals surface area (Å²) in [6, 6.07) is 11.8. The highest BCUT2D eigenvalue weighted by Crippen LogP contribution is 2.50. The van der Waals surface area contributed by atoms with Crippen LogP contribution in [0.1, 0.15) is 57.4 Å². The van der Waals surface area contributed by atoms with Crippen LogP contribution in [0.3, 0.4) is 0 Å². The summed E-state index contributed by atoms with van der Waals surface area (Å²) >= 11 is 0. The first-order valence-electron chi connectivity index (χ1n) is 7.63. The Labute approximate surface area is 112 Å². The SMILES string of the molecule is CCCNC(CC)CCC1CC1c1ccccc1. The first kappa shape index (κ1) is 13.6. The predicted octanol–water partition coefficient (Wildman–Crippen LogP) is 4.35. The topological polar surface area (TPSA) is 12.0 Å². The molecule has 1 aliphatic rings. The second-order valence-corrected chi connectivity index (χ2v) is 5.65. The third-order valence-corrected chi connectivity index (χ3v) is 4.21.